The van der Waals surface area contributed by atoms with Crippen LogP contribution in [0.1, 0.15) is 59.1 Å². The first-order valence-corrected chi connectivity index (χ1v) is 18.1. The molecule has 0 aliphatic carbocycles. The number of benzene rings is 3. The number of pyridine rings is 1. The number of carboxylic acid groups (broad SMARTS) is 1. The molecule has 11 heteroatoms. The molecule has 10 nitrogen and oxygen atoms in total. The lowest BCUT2D eigenvalue weighted by atomic mass is 9.93. The van der Waals surface area contributed by atoms with E-state index < -0.39 is 12.0 Å². The van der Waals surface area contributed by atoms with E-state index in [1.807, 2.05) is 36.2 Å². The molecule has 0 unspecified atom stereocenters. The van der Waals surface area contributed by atoms with E-state index in [1.165, 1.54) is 6.20 Å². The normalized spacial score (nSPS) is 14.6. The Bertz CT molecular complexity index is 1880. The molecule has 1 aliphatic rings. The third kappa shape index (κ3) is 10.0. The number of rotatable bonds is 17. The van der Waals surface area contributed by atoms with Crippen LogP contribution in [-0.2, 0) is 24.6 Å². The average molecular weight is 727 g/mol. The molecule has 4 aromatic rings. The van der Waals surface area contributed by atoms with Crippen LogP contribution in [0.4, 0.5) is 0 Å². The fraction of sp³-hybridized carbons (Fsp3) is 0.390. The number of piperidine rings is 1. The molecule has 0 radical (unpaired) electrons. The van der Waals surface area contributed by atoms with Gasteiger partial charge in [0, 0.05) is 49.2 Å². The Kier molecular flexibility index (Phi) is 13.9. The van der Waals surface area contributed by atoms with E-state index in [0.29, 0.717) is 54.7 Å². The fourth-order valence-corrected chi connectivity index (χ4v) is 6.80. The van der Waals surface area contributed by atoms with Crippen LogP contribution in [0.25, 0.3) is 11.1 Å². The molecule has 274 valence electrons. The number of aliphatic hydroxyl groups is 1. The summed E-state index contributed by atoms with van der Waals surface area (Å²) >= 11 is 6.84. The lowest BCUT2D eigenvalue weighted by molar-refractivity contribution is -0.144. The zero-order chi connectivity index (χ0) is 37.0. The van der Waals surface area contributed by atoms with Crippen LogP contribution >= 0.6 is 11.6 Å². The number of carbonyl (C=O) groups is 1. The van der Waals surface area contributed by atoms with Crippen molar-refractivity contribution < 1.29 is 29.2 Å². The number of aliphatic hydroxyl groups excluding tert-OH is 1. The van der Waals surface area contributed by atoms with E-state index in [4.69, 9.17) is 30.9 Å². The third-order valence-corrected chi connectivity index (χ3v) is 9.83. The Hall–Kier alpha value is -4.66. The third-order valence-electron chi connectivity index (χ3n) is 9.53. The van der Waals surface area contributed by atoms with Gasteiger partial charge >= 0.3 is 5.97 Å². The van der Waals surface area contributed by atoms with Crippen LogP contribution in [0, 0.1) is 25.2 Å². The smallest absolute Gasteiger partial charge is 0.320 e. The van der Waals surface area contributed by atoms with Crippen molar-refractivity contribution in [3.8, 4) is 34.4 Å². The van der Waals surface area contributed by atoms with Gasteiger partial charge in [0.1, 0.15) is 42.6 Å². The molecular formula is C41H47ClN4O6. The lowest BCUT2D eigenvalue weighted by Gasteiger charge is -2.33. The van der Waals surface area contributed by atoms with Crippen LogP contribution in [0.3, 0.4) is 0 Å². The van der Waals surface area contributed by atoms with E-state index in [2.05, 4.69) is 41.9 Å². The summed E-state index contributed by atoms with van der Waals surface area (Å²) in [7, 11) is 1.99. The minimum Gasteiger partial charge on any atom is -0.493 e. The summed E-state index contributed by atoms with van der Waals surface area (Å²) in [6.45, 7) is 7.80. The van der Waals surface area contributed by atoms with Crippen molar-refractivity contribution in [2.24, 2.45) is 0 Å². The number of hydrogen-bond donors (Lipinski definition) is 2. The number of carboxylic acids is 1. The number of aliphatic carboxylic acids is 1. The molecule has 1 saturated heterocycles. The standard InChI is InChI=1S/C41H47ClN4O6/c1-28-32(9-6-10-34(28)35-11-7-13-38(29(35)2)50-18-8-14-45(3)16-17-47)27-52-40-21-39(51-26-31-19-30(22-43)23-44-24-31)33(20-36(40)42)25-46-15-5-4-12-37(46)41(48)49/h6-7,9-11,13,19-21,23-24,37,47H,4-5,8,12,14-18,25-27H2,1-3H3,(H,48,49)/t37-/m0/s1. The maximum absolute atomic E-state index is 12.1. The predicted octanol–water partition coefficient (Wildman–Crippen LogP) is 7.18. The quantitative estimate of drug-likeness (QED) is 0.108. The van der Waals surface area contributed by atoms with Gasteiger partial charge in [-0.1, -0.05) is 48.4 Å². The Labute approximate surface area is 311 Å². The summed E-state index contributed by atoms with van der Waals surface area (Å²) in [6, 6.07) is 19.1. The van der Waals surface area contributed by atoms with Gasteiger partial charge in [-0.15, -0.1) is 0 Å². The van der Waals surface area contributed by atoms with E-state index in [9.17, 15) is 15.2 Å². The predicted molar refractivity (Wildman–Crippen MR) is 201 cm³/mol. The van der Waals surface area contributed by atoms with Gasteiger partial charge in [-0.05, 0) is 92.7 Å². The zero-order valence-corrected chi connectivity index (χ0v) is 30.9. The van der Waals surface area contributed by atoms with Gasteiger partial charge in [0.05, 0.1) is 23.8 Å². The van der Waals surface area contributed by atoms with Gasteiger partial charge in [0.25, 0.3) is 0 Å². The molecule has 0 bridgehead atoms. The Morgan fingerprint density at radius 3 is 2.50 bits per heavy atom. The van der Waals surface area contributed by atoms with Gasteiger partial charge in [0.15, 0.2) is 0 Å². The molecule has 52 heavy (non-hydrogen) atoms. The average Bonchev–Trinajstić information content (AvgIpc) is 3.14. The highest BCUT2D eigenvalue weighted by molar-refractivity contribution is 6.32. The molecule has 5 rings (SSSR count). The second-order valence-electron chi connectivity index (χ2n) is 13.2. The first-order chi connectivity index (χ1) is 25.2. The fourth-order valence-electron chi connectivity index (χ4n) is 6.56. The summed E-state index contributed by atoms with van der Waals surface area (Å²) in [5, 5.41) is 28.8. The van der Waals surface area contributed by atoms with Gasteiger partial charge in [-0.3, -0.25) is 14.7 Å². The maximum atomic E-state index is 12.1. The minimum atomic E-state index is -0.835. The minimum absolute atomic E-state index is 0.143. The van der Waals surface area contributed by atoms with Crippen LogP contribution in [0.5, 0.6) is 17.2 Å². The van der Waals surface area contributed by atoms with E-state index in [1.54, 1.807) is 24.4 Å². The molecule has 1 aromatic heterocycles. The van der Waals surface area contributed by atoms with Gasteiger partial charge < -0.3 is 29.3 Å². The number of nitriles is 1. The monoisotopic (exact) mass is 726 g/mol. The molecule has 2 N–H and O–H groups in total. The number of likely N-dealkylation sites (N-methyl/N-ethyl adjacent to an activating group) is 1. The second-order valence-corrected chi connectivity index (χ2v) is 13.6. The summed E-state index contributed by atoms with van der Waals surface area (Å²) in [5.41, 5.74) is 7.21. The number of aromatic nitrogens is 1. The molecule has 0 amide bonds. The summed E-state index contributed by atoms with van der Waals surface area (Å²) < 4.78 is 18.8. The molecular weight excluding hydrogens is 680 g/mol. The van der Waals surface area contributed by atoms with Gasteiger partial charge in [-0.2, -0.15) is 5.26 Å². The summed E-state index contributed by atoms with van der Waals surface area (Å²) in [5.74, 6) is 0.975. The molecule has 3 aromatic carbocycles. The Morgan fingerprint density at radius 1 is 0.962 bits per heavy atom. The van der Waals surface area contributed by atoms with Crippen molar-refractivity contribution in [2.45, 2.75) is 65.3 Å². The first-order valence-electron chi connectivity index (χ1n) is 17.7. The van der Waals surface area contributed by atoms with Crippen molar-refractivity contribution in [3.05, 3.63) is 105 Å². The number of hydrogen-bond acceptors (Lipinski definition) is 9. The highest BCUT2D eigenvalue weighted by Gasteiger charge is 2.29. The molecule has 1 fully saturated rings. The first kappa shape index (κ1) is 38.6. The number of halogens is 1. The highest BCUT2D eigenvalue weighted by Crippen LogP contribution is 2.37. The maximum Gasteiger partial charge on any atom is 0.320 e. The van der Waals surface area contributed by atoms with Crippen LogP contribution in [-0.4, -0.2) is 76.9 Å². The molecule has 0 saturated carbocycles. The largest absolute Gasteiger partial charge is 0.493 e. The van der Waals surface area contributed by atoms with Crippen LogP contribution in [0.2, 0.25) is 5.02 Å². The molecule has 1 aliphatic heterocycles. The summed E-state index contributed by atoms with van der Waals surface area (Å²) in [6.07, 6.45) is 6.38. The SMILES string of the molecule is Cc1c(COc2cc(OCc3cncc(C#N)c3)c(CN3CCCC[C@H]3C(=O)O)cc2Cl)cccc1-c1cccc(OCCCN(C)CCO)c1C. The second kappa shape index (κ2) is 18.7. The van der Waals surface area contributed by atoms with Crippen LogP contribution < -0.4 is 14.2 Å². The molecule has 1 atom stereocenters. The summed E-state index contributed by atoms with van der Waals surface area (Å²) in [4.78, 5) is 20.2. The molecule has 0 spiro atoms. The molecule has 2 heterocycles. The van der Waals surface area contributed by atoms with Gasteiger partial charge in [-0.25, -0.2) is 0 Å². The van der Waals surface area contributed by atoms with Gasteiger partial charge in [0.2, 0.25) is 0 Å². The van der Waals surface area contributed by atoms with E-state index in [-0.39, 0.29) is 19.8 Å². The van der Waals surface area contributed by atoms with Crippen molar-refractivity contribution in [1.29, 1.82) is 5.26 Å². The van der Waals surface area contributed by atoms with Crippen molar-refractivity contribution in [1.82, 2.24) is 14.8 Å². The highest BCUT2D eigenvalue weighted by atomic mass is 35.5. The number of ether oxygens (including phenoxy) is 3. The number of nitrogens with zero attached hydrogens (tertiary/aromatic N) is 4. The Morgan fingerprint density at radius 2 is 1.73 bits per heavy atom. The van der Waals surface area contributed by atoms with E-state index in [0.717, 1.165) is 70.5 Å². The lowest BCUT2D eigenvalue weighted by Crippen LogP contribution is -2.44. The van der Waals surface area contributed by atoms with Crippen LogP contribution in [0.15, 0.2) is 67.0 Å². The Balaban J connectivity index is 1.35. The van der Waals surface area contributed by atoms with Crippen molar-refractivity contribution in [3.63, 3.8) is 0 Å². The number of likely N-dealkylation sites (tertiary alicyclic amines) is 1. The van der Waals surface area contributed by atoms with Crippen molar-refractivity contribution in [2.75, 3.05) is 39.9 Å². The zero-order valence-electron chi connectivity index (χ0n) is 30.1. The van der Waals surface area contributed by atoms with Crippen molar-refractivity contribution >= 4 is 17.6 Å². The van der Waals surface area contributed by atoms with E-state index >= 15 is 0 Å². The topological polar surface area (TPSA) is 128 Å².